The van der Waals surface area contributed by atoms with E-state index >= 15 is 0 Å². The third-order valence-electron chi connectivity index (χ3n) is 2.70. The Kier molecular flexibility index (Phi) is 6.55. The van der Waals surface area contributed by atoms with Gasteiger partial charge in [0.2, 0.25) is 0 Å². The maximum atomic E-state index is 5.55. The van der Waals surface area contributed by atoms with Crippen molar-refractivity contribution in [2.24, 2.45) is 5.73 Å². The van der Waals surface area contributed by atoms with Crippen LogP contribution in [0.4, 0.5) is 5.69 Å². The standard InChI is InChI=1S/C13H21BrN2O/c1-16(8-3-9-17-2)13-5-4-11(6-7-15)10-12(13)14/h4-5,10H,3,6-9,15H2,1-2H3. The summed E-state index contributed by atoms with van der Waals surface area (Å²) in [7, 11) is 3.83. The van der Waals surface area contributed by atoms with E-state index in [0.717, 1.165) is 30.5 Å². The Labute approximate surface area is 112 Å². The molecule has 0 aliphatic rings. The van der Waals surface area contributed by atoms with Gasteiger partial charge in [-0.25, -0.2) is 0 Å². The van der Waals surface area contributed by atoms with Crippen LogP contribution >= 0.6 is 15.9 Å². The number of nitrogens with zero attached hydrogens (tertiary/aromatic N) is 1. The summed E-state index contributed by atoms with van der Waals surface area (Å²) in [6.45, 7) is 2.48. The molecule has 0 amide bonds. The Morgan fingerprint density at radius 2 is 2.18 bits per heavy atom. The first-order valence-corrected chi connectivity index (χ1v) is 6.67. The van der Waals surface area contributed by atoms with E-state index in [-0.39, 0.29) is 0 Å². The van der Waals surface area contributed by atoms with Gasteiger partial charge in [-0.1, -0.05) is 6.07 Å². The molecule has 0 aromatic heterocycles. The average Bonchev–Trinajstić information content (AvgIpc) is 2.29. The molecule has 0 aliphatic heterocycles. The molecule has 0 saturated heterocycles. The molecular formula is C13H21BrN2O. The van der Waals surface area contributed by atoms with Crippen LogP contribution in [0.1, 0.15) is 12.0 Å². The molecule has 4 heteroatoms. The highest BCUT2D eigenvalue weighted by Gasteiger charge is 2.06. The van der Waals surface area contributed by atoms with Gasteiger partial charge in [0.25, 0.3) is 0 Å². The molecule has 0 radical (unpaired) electrons. The van der Waals surface area contributed by atoms with Crippen molar-refractivity contribution in [2.45, 2.75) is 12.8 Å². The van der Waals surface area contributed by atoms with Crippen LogP contribution in [0, 0.1) is 0 Å². The van der Waals surface area contributed by atoms with Crippen LogP contribution in [0.15, 0.2) is 22.7 Å². The number of hydrogen-bond acceptors (Lipinski definition) is 3. The highest BCUT2D eigenvalue weighted by molar-refractivity contribution is 9.10. The molecule has 96 valence electrons. The molecule has 17 heavy (non-hydrogen) atoms. The van der Waals surface area contributed by atoms with Gasteiger partial charge in [-0.2, -0.15) is 0 Å². The first-order chi connectivity index (χ1) is 8.19. The fourth-order valence-corrected chi connectivity index (χ4v) is 2.48. The van der Waals surface area contributed by atoms with Gasteiger partial charge >= 0.3 is 0 Å². The van der Waals surface area contributed by atoms with E-state index in [1.165, 1.54) is 11.3 Å². The van der Waals surface area contributed by atoms with E-state index in [1.54, 1.807) is 7.11 Å². The molecule has 0 saturated carbocycles. The first kappa shape index (κ1) is 14.5. The van der Waals surface area contributed by atoms with Crippen LogP contribution in [0.5, 0.6) is 0 Å². The summed E-state index contributed by atoms with van der Waals surface area (Å²) in [5, 5.41) is 0. The molecule has 0 atom stereocenters. The summed E-state index contributed by atoms with van der Waals surface area (Å²) >= 11 is 3.61. The van der Waals surface area contributed by atoms with Gasteiger partial charge in [-0.3, -0.25) is 0 Å². The Morgan fingerprint density at radius 1 is 1.41 bits per heavy atom. The lowest BCUT2D eigenvalue weighted by molar-refractivity contribution is 0.196. The van der Waals surface area contributed by atoms with Gasteiger partial charge in [0.1, 0.15) is 0 Å². The summed E-state index contributed by atoms with van der Waals surface area (Å²) in [4.78, 5) is 2.23. The van der Waals surface area contributed by atoms with Gasteiger partial charge in [0, 0.05) is 31.8 Å². The van der Waals surface area contributed by atoms with E-state index in [4.69, 9.17) is 10.5 Å². The number of hydrogen-bond donors (Lipinski definition) is 1. The topological polar surface area (TPSA) is 38.5 Å². The number of nitrogens with two attached hydrogens (primary N) is 1. The molecule has 0 aliphatic carbocycles. The van der Waals surface area contributed by atoms with Crippen molar-refractivity contribution in [3.05, 3.63) is 28.2 Å². The molecule has 2 N–H and O–H groups in total. The summed E-state index contributed by atoms with van der Waals surface area (Å²) in [5.74, 6) is 0. The minimum Gasteiger partial charge on any atom is -0.385 e. The average molecular weight is 301 g/mol. The van der Waals surface area contributed by atoms with Crippen LogP contribution in [0.2, 0.25) is 0 Å². The highest BCUT2D eigenvalue weighted by atomic mass is 79.9. The third-order valence-corrected chi connectivity index (χ3v) is 3.33. The van der Waals surface area contributed by atoms with Gasteiger partial charge in [-0.05, 0) is 53.0 Å². The quantitative estimate of drug-likeness (QED) is 0.786. The maximum absolute atomic E-state index is 5.55. The zero-order valence-corrected chi connectivity index (χ0v) is 12.2. The zero-order chi connectivity index (χ0) is 12.7. The van der Waals surface area contributed by atoms with E-state index in [0.29, 0.717) is 6.54 Å². The lowest BCUT2D eigenvalue weighted by Crippen LogP contribution is -2.20. The molecule has 1 rings (SSSR count). The number of halogens is 1. The van der Waals surface area contributed by atoms with Crippen molar-refractivity contribution in [2.75, 3.05) is 38.8 Å². The van der Waals surface area contributed by atoms with E-state index in [2.05, 4.69) is 46.1 Å². The molecule has 0 spiro atoms. The fourth-order valence-electron chi connectivity index (χ4n) is 1.75. The van der Waals surface area contributed by atoms with E-state index in [1.807, 2.05) is 0 Å². The zero-order valence-electron chi connectivity index (χ0n) is 10.6. The second kappa shape index (κ2) is 7.69. The first-order valence-electron chi connectivity index (χ1n) is 5.87. The summed E-state index contributed by atoms with van der Waals surface area (Å²) in [6, 6.07) is 6.43. The molecule has 0 unspecified atom stereocenters. The van der Waals surface area contributed by atoms with Crippen LogP contribution < -0.4 is 10.6 Å². The van der Waals surface area contributed by atoms with Crippen molar-refractivity contribution < 1.29 is 4.74 Å². The summed E-state index contributed by atoms with van der Waals surface area (Å²) in [6.07, 6.45) is 1.95. The van der Waals surface area contributed by atoms with Crippen molar-refractivity contribution in [3.8, 4) is 0 Å². The second-order valence-corrected chi connectivity index (χ2v) is 4.95. The van der Waals surface area contributed by atoms with Gasteiger partial charge in [-0.15, -0.1) is 0 Å². The summed E-state index contributed by atoms with van der Waals surface area (Å²) < 4.78 is 6.19. The maximum Gasteiger partial charge on any atom is 0.0508 e. The minimum absolute atomic E-state index is 0.690. The van der Waals surface area contributed by atoms with Gasteiger partial charge < -0.3 is 15.4 Å². The molecule has 1 aromatic rings. The van der Waals surface area contributed by atoms with Gasteiger partial charge in [0.05, 0.1) is 5.69 Å². The molecule has 0 bridgehead atoms. The Morgan fingerprint density at radius 3 is 2.76 bits per heavy atom. The lowest BCUT2D eigenvalue weighted by Gasteiger charge is -2.21. The monoisotopic (exact) mass is 300 g/mol. The Hall–Kier alpha value is -0.580. The van der Waals surface area contributed by atoms with Crippen molar-refractivity contribution >= 4 is 21.6 Å². The lowest BCUT2D eigenvalue weighted by atomic mass is 10.1. The van der Waals surface area contributed by atoms with Crippen LogP contribution in [-0.2, 0) is 11.2 Å². The van der Waals surface area contributed by atoms with E-state index < -0.39 is 0 Å². The number of anilines is 1. The second-order valence-electron chi connectivity index (χ2n) is 4.09. The largest absolute Gasteiger partial charge is 0.385 e. The smallest absolute Gasteiger partial charge is 0.0508 e. The Bertz CT molecular complexity index is 344. The molecular weight excluding hydrogens is 280 g/mol. The normalized spacial score (nSPS) is 10.6. The van der Waals surface area contributed by atoms with Crippen molar-refractivity contribution in [1.29, 1.82) is 0 Å². The van der Waals surface area contributed by atoms with Crippen molar-refractivity contribution in [3.63, 3.8) is 0 Å². The van der Waals surface area contributed by atoms with E-state index in [9.17, 15) is 0 Å². The van der Waals surface area contributed by atoms with Crippen LogP contribution in [-0.4, -0.2) is 33.9 Å². The number of rotatable bonds is 7. The number of methoxy groups -OCH3 is 1. The third kappa shape index (κ3) is 4.66. The molecule has 0 heterocycles. The SMILES string of the molecule is COCCCN(C)c1ccc(CCN)cc1Br. The Balaban J connectivity index is 2.63. The minimum atomic E-state index is 0.690. The molecule has 0 fully saturated rings. The predicted molar refractivity (Wildman–Crippen MR) is 76.7 cm³/mol. The molecule has 3 nitrogen and oxygen atoms in total. The fraction of sp³-hybridized carbons (Fsp3) is 0.538. The highest BCUT2D eigenvalue weighted by Crippen LogP contribution is 2.26. The predicted octanol–water partition coefficient (Wildman–Crippen LogP) is 2.42. The molecule has 1 aromatic carbocycles. The number of ether oxygens (including phenoxy) is 1. The van der Waals surface area contributed by atoms with Crippen LogP contribution in [0.3, 0.4) is 0 Å². The summed E-state index contributed by atoms with van der Waals surface area (Å²) in [5.41, 5.74) is 8.03. The van der Waals surface area contributed by atoms with Gasteiger partial charge in [0.15, 0.2) is 0 Å². The number of benzene rings is 1. The van der Waals surface area contributed by atoms with Crippen LogP contribution in [0.25, 0.3) is 0 Å². The van der Waals surface area contributed by atoms with Crippen molar-refractivity contribution in [1.82, 2.24) is 0 Å².